The molecule has 3 atom stereocenters. The largest absolute Gasteiger partial charge is 0.349 e. The minimum Gasteiger partial charge on any atom is -0.349 e. The van der Waals surface area contributed by atoms with Crippen molar-refractivity contribution in [3.63, 3.8) is 0 Å². The fraction of sp³-hybridized carbons (Fsp3) is 0.154. The number of anilines is 1. The second-order valence-electron chi connectivity index (χ2n) is 8.38. The van der Waals surface area contributed by atoms with Crippen LogP contribution in [0.3, 0.4) is 0 Å². The van der Waals surface area contributed by atoms with Gasteiger partial charge in [0.2, 0.25) is 29.0 Å². The third-order valence-electron chi connectivity index (χ3n) is 6.73. The average Bonchev–Trinajstić information content (AvgIpc) is 3.41. The van der Waals surface area contributed by atoms with Gasteiger partial charge in [0.15, 0.2) is 0 Å². The van der Waals surface area contributed by atoms with Crippen LogP contribution in [0, 0.1) is 15.4 Å². The van der Waals surface area contributed by atoms with Crippen molar-refractivity contribution in [3.8, 4) is 0 Å². The van der Waals surface area contributed by atoms with Crippen LogP contribution in [0.2, 0.25) is 0 Å². The summed E-state index contributed by atoms with van der Waals surface area (Å²) >= 11 is 2.14. The minimum atomic E-state index is -2.04. The molecule has 0 aromatic heterocycles. The van der Waals surface area contributed by atoms with Gasteiger partial charge in [0.1, 0.15) is 0 Å². The summed E-state index contributed by atoms with van der Waals surface area (Å²) < 4.78 is 7.20. The predicted octanol–water partition coefficient (Wildman–Crippen LogP) is 3.99. The highest BCUT2D eigenvalue weighted by Gasteiger charge is 2.74. The lowest BCUT2D eigenvalue weighted by Gasteiger charge is -2.27. The zero-order valence-electron chi connectivity index (χ0n) is 17.1. The van der Waals surface area contributed by atoms with Crippen molar-refractivity contribution in [2.75, 3.05) is 4.90 Å². The number of rotatable bonds is 2. The standard InChI is InChI=1S/C26H16INO5/c27-15-10-12-16(13-11-15)28-24(31)19-20(25(28)32)26(33-21(19)14-6-2-1-3-7-14)22(29)17-8-4-5-9-18(17)23(26)30/h1-13,19-21H/t19-,20+,21+/m1/s1. The van der Waals surface area contributed by atoms with E-state index in [9.17, 15) is 19.2 Å². The number of hydrogen-bond donors (Lipinski definition) is 0. The molecule has 3 aromatic carbocycles. The number of imide groups is 1. The Kier molecular flexibility index (Phi) is 4.44. The summed E-state index contributed by atoms with van der Waals surface area (Å²) in [4.78, 5) is 55.9. The van der Waals surface area contributed by atoms with E-state index in [1.165, 1.54) is 0 Å². The Morgan fingerprint density at radius 2 is 1.30 bits per heavy atom. The zero-order chi connectivity index (χ0) is 22.9. The minimum absolute atomic E-state index is 0.225. The van der Waals surface area contributed by atoms with E-state index in [0.717, 1.165) is 8.47 Å². The van der Waals surface area contributed by atoms with E-state index in [1.807, 2.05) is 6.07 Å². The summed E-state index contributed by atoms with van der Waals surface area (Å²) in [7, 11) is 0. The third-order valence-corrected chi connectivity index (χ3v) is 7.45. The van der Waals surface area contributed by atoms with Crippen LogP contribution in [0.4, 0.5) is 5.69 Å². The van der Waals surface area contributed by atoms with Crippen molar-refractivity contribution in [1.82, 2.24) is 0 Å². The van der Waals surface area contributed by atoms with E-state index in [4.69, 9.17) is 4.74 Å². The van der Waals surface area contributed by atoms with E-state index in [-0.39, 0.29) is 11.1 Å². The number of benzene rings is 3. The first-order valence-corrected chi connectivity index (χ1v) is 11.6. The number of ketones is 2. The van der Waals surface area contributed by atoms with Gasteiger partial charge in [-0.15, -0.1) is 0 Å². The normalized spacial score (nSPS) is 25.1. The van der Waals surface area contributed by atoms with E-state index in [2.05, 4.69) is 22.6 Å². The molecule has 162 valence electrons. The number of Topliss-reactive ketones (excluding diaryl/α,β-unsaturated/α-hetero) is 2. The smallest absolute Gasteiger partial charge is 0.241 e. The zero-order valence-corrected chi connectivity index (χ0v) is 19.3. The van der Waals surface area contributed by atoms with Crippen molar-refractivity contribution >= 4 is 51.7 Å². The summed E-state index contributed by atoms with van der Waals surface area (Å²) in [5, 5.41) is 0. The second kappa shape index (κ2) is 7.16. The molecule has 0 N–H and O–H groups in total. The van der Waals surface area contributed by atoms with Gasteiger partial charge in [0, 0.05) is 14.7 Å². The number of carbonyl (C=O) groups is 4. The van der Waals surface area contributed by atoms with Crippen LogP contribution in [0.5, 0.6) is 0 Å². The number of fused-ring (bicyclic) bond motifs is 3. The summed E-state index contributed by atoms with van der Waals surface area (Å²) in [6, 6.07) is 22.4. The van der Waals surface area contributed by atoms with Crippen LogP contribution in [-0.4, -0.2) is 29.0 Å². The lowest BCUT2D eigenvalue weighted by Crippen LogP contribution is -2.51. The van der Waals surface area contributed by atoms with E-state index in [0.29, 0.717) is 11.3 Å². The van der Waals surface area contributed by atoms with E-state index < -0.39 is 46.9 Å². The molecule has 1 aliphatic carbocycles. The van der Waals surface area contributed by atoms with Gasteiger partial charge in [-0.3, -0.25) is 19.2 Å². The van der Waals surface area contributed by atoms with Crippen molar-refractivity contribution in [2.24, 2.45) is 11.8 Å². The number of nitrogens with zero attached hydrogens (tertiary/aromatic N) is 1. The second-order valence-corrected chi connectivity index (χ2v) is 9.63. The molecule has 2 saturated heterocycles. The van der Waals surface area contributed by atoms with Gasteiger partial charge in [-0.05, 0) is 52.4 Å². The molecule has 7 heteroatoms. The SMILES string of the molecule is O=C1[C@@H]2[C@@H](C(=O)N1c1ccc(I)cc1)C1(O[C@H]2c2ccccc2)C(=O)c2ccccc2C1=O. The first-order valence-electron chi connectivity index (χ1n) is 10.5. The van der Waals surface area contributed by atoms with Crippen molar-refractivity contribution < 1.29 is 23.9 Å². The number of amides is 2. The molecule has 6 rings (SSSR count). The van der Waals surface area contributed by atoms with Crippen molar-refractivity contribution in [1.29, 1.82) is 0 Å². The van der Waals surface area contributed by atoms with E-state index >= 15 is 0 Å². The Labute approximate surface area is 202 Å². The number of halogens is 1. The molecule has 0 saturated carbocycles. The number of ether oxygens (including phenoxy) is 1. The molecular formula is C26H16INO5. The van der Waals surface area contributed by atoms with Gasteiger partial charge in [-0.2, -0.15) is 0 Å². The van der Waals surface area contributed by atoms with E-state index in [1.54, 1.807) is 72.8 Å². The average molecular weight is 549 g/mol. The summed E-state index contributed by atoms with van der Waals surface area (Å²) in [6.07, 6.45) is -0.899. The lowest BCUT2D eigenvalue weighted by atomic mass is 9.77. The van der Waals surface area contributed by atoms with Crippen molar-refractivity contribution in [2.45, 2.75) is 11.7 Å². The van der Waals surface area contributed by atoms with Gasteiger partial charge in [0.05, 0.1) is 23.6 Å². The molecule has 2 heterocycles. The lowest BCUT2D eigenvalue weighted by molar-refractivity contribution is -0.127. The predicted molar refractivity (Wildman–Crippen MR) is 127 cm³/mol. The summed E-state index contributed by atoms with van der Waals surface area (Å²) in [6.45, 7) is 0. The molecule has 2 fully saturated rings. The molecular weight excluding hydrogens is 533 g/mol. The Bertz CT molecular complexity index is 1320. The summed E-state index contributed by atoms with van der Waals surface area (Å²) in [5.41, 5.74) is -0.533. The third kappa shape index (κ3) is 2.63. The Balaban J connectivity index is 1.55. The van der Waals surface area contributed by atoms with Crippen LogP contribution < -0.4 is 4.90 Å². The number of hydrogen-bond acceptors (Lipinski definition) is 5. The summed E-state index contributed by atoms with van der Waals surface area (Å²) in [5.74, 6) is -4.37. The topological polar surface area (TPSA) is 80.8 Å². The maximum Gasteiger partial charge on any atom is 0.241 e. The van der Waals surface area contributed by atoms with Gasteiger partial charge >= 0.3 is 0 Å². The molecule has 33 heavy (non-hydrogen) atoms. The molecule has 0 unspecified atom stereocenters. The Morgan fingerprint density at radius 3 is 1.91 bits per heavy atom. The molecule has 3 aliphatic rings. The van der Waals surface area contributed by atoms with Crippen LogP contribution in [-0.2, 0) is 14.3 Å². The van der Waals surface area contributed by atoms with Crippen LogP contribution in [0.15, 0.2) is 78.9 Å². The molecule has 0 bridgehead atoms. The van der Waals surface area contributed by atoms with Gasteiger partial charge in [-0.1, -0.05) is 54.6 Å². The highest BCUT2D eigenvalue weighted by molar-refractivity contribution is 14.1. The fourth-order valence-corrected chi connectivity index (χ4v) is 5.67. The monoisotopic (exact) mass is 549 g/mol. The Morgan fingerprint density at radius 1 is 0.727 bits per heavy atom. The first-order chi connectivity index (χ1) is 15.9. The highest BCUT2D eigenvalue weighted by Crippen LogP contribution is 2.57. The Hall–Kier alpha value is -3.17. The van der Waals surface area contributed by atoms with Gasteiger partial charge in [-0.25, -0.2) is 4.90 Å². The maximum atomic E-state index is 13.8. The first kappa shape index (κ1) is 20.4. The highest BCUT2D eigenvalue weighted by atomic mass is 127. The molecule has 1 spiro atoms. The fourth-order valence-electron chi connectivity index (χ4n) is 5.31. The molecule has 2 aliphatic heterocycles. The number of carbonyl (C=O) groups excluding carboxylic acids is 4. The van der Waals surface area contributed by atoms with Gasteiger partial charge < -0.3 is 4.74 Å². The quantitative estimate of drug-likeness (QED) is 0.275. The van der Waals surface area contributed by atoms with Crippen molar-refractivity contribution in [3.05, 3.63) is 99.1 Å². The van der Waals surface area contributed by atoms with Gasteiger partial charge in [0.25, 0.3) is 0 Å². The molecule has 6 nitrogen and oxygen atoms in total. The van der Waals surface area contributed by atoms with Crippen LogP contribution >= 0.6 is 22.6 Å². The van der Waals surface area contributed by atoms with Crippen LogP contribution in [0.25, 0.3) is 0 Å². The van der Waals surface area contributed by atoms with Crippen LogP contribution in [0.1, 0.15) is 32.4 Å². The maximum absolute atomic E-state index is 13.8. The molecule has 3 aromatic rings. The molecule has 2 amide bonds. The molecule has 0 radical (unpaired) electrons.